The van der Waals surface area contributed by atoms with Gasteiger partial charge in [-0.3, -0.25) is 0 Å². The van der Waals surface area contributed by atoms with E-state index in [4.69, 9.17) is 0 Å². The van der Waals surface area contributed by atoms with Crippen molar-refractivity contribution in [2.24, 2.45) is 0 Å². The fourth-order valence-corrected chi connectivity index (χ4v) is 1.90. The van der Waals surface area contributed by atoms with E-state index in [9.17, 15) is 0 Å². The van der Waals surface area contributed by atoms with Gasteiger partial charge in [0.05, 0.1) is 0 Å². The van der Waals surface area contributed by atoms with Crippen LogP contribution >= 0.6 is 0 Å². The highest BCUT2D eigenvalue weighted by Crippen LogP contribution is 2.12. The number of aryl methyl sites for hydroxylation is 2. The molecule has 0 bridgehead atoms. The zero-order valence-electron chi connectivity index (χ0n) is 10.4. The molecule has 2 rings (SSSR count). The molecule has 0 saturated carbocycles. The van der Waals surface area contributed by atoms with E-state index in [0.29, 0.717) is 0 Å². The van der Waals surface area contributed by atoms with Crippen LogP contribution in [-0.2, 0) is 13.0 Å². The van der Waals surface area contributed by atoms with Gasteiger partial charge in [0.2, 0.25) is 0 Å². The second kappa shape index (κ2) is 5.48. The average Bonchev–Trinajstić information content (AvgIpc) is 2.37. The summed E-state index contributed by atoms with van der Waals surface area (Å²) >= 11 is 0. The number of benzene rings is 1. The van der Waals surface area contributed by atoms with E-state index in [2.05, 4.69) is 41.5 Å². The molecule has 2 aromatic rings. The van der Waals surface area contributed by atoms with Crippen molar-refractivity contribution in [2.75, 3.05) is 5.32 Å². The smallest absolute Gasteiger partial charge is 0.126 e. The predicted molar refractivity (Wildman–Crippen MR) is 72.1 cm³/mol. The molecule has 1 heterocycles. The molecule has 0 spiro atoms. The first-order chi connectivity index (χ1) is 8.29. The quantitative estimate of drug-likeness (QED) is 0.862. The minimum absolute atomic E-state index is 0.834. The molecule has 0 amide bonds. The third-order valence-electron chi connectivity index (χ3n) is 2.85. The monoisotopic (exact) mass is 226 g/mol. The van der Waals surface area contributed by atoms with Crippen molar-refractivity contribution in [2.45, 2.75) is 26.8 Å². The number of nitrogens with zero attached hydrogens (tertiary/aromatic N) is 1. The maximum Gasteiger partial charge on any atom is 0.126 e. The van der Waals surface area contributed by atoms with Gasteiger partial charge in [0.25, 0.3) is 0 Å². The zero-order valence-corrected chi connectivity index (χ0v) is 10.4. The third-order valence-corrected chi connectivity index (χ3v) is 2.85. The molecule has 0 saturated heterocycles. The molecule has 0 aliphatic heterocycles. The number of rotatable bonds is 4. The number of aromatic nitrogens is 1. The molecule has 17 heavy (non-hydrogen) atoms. The van der Waals surface area contributed by atoms with Crippen molar-refractivity contribution in [1.29, 1.82) is 0 Å². The maximum atomic E-state index is 4.43. The van der Waals surface area contributed by atoms with Crippen LogP contribution in [0.15, 0.2) is 42.5 Å². The Morgan fingerprint density at radius 3 is 2.47 bits per heavy atom. The summed E-state index contributed by atoms with van der Waals surface area (Å²) in [5.41, 5.74) is 3.78. The summed E-state index contributed by atoms with van der Waals surface area (Å²) in [5.74, 6) is 0.941. The van der Waals surface area contributed by atoms with Crippen molar-refractivity contribution >= 4 is 5.82 Å². The van der Waals surface area contributed by atoms with Crippen molar-refractivity contribution in [1.82, 2.24) is 4.98 Å². The molecule has 1 N–H and O–H groups in total. The van der Waals surface area contributed by atoms with E-state index >= 15 is 0 Å². The number of anilines is 1. The summed E-state index contributed by atoms with van der Waals surface area (Å²) in [6, 6.07) is 14.6. The first-order valence-electron chi connectivity index (χ1n) is 6.04. The van der Waals surface area contributed by atoms with E-state index in [-0.39, 0.29) is 0 Å². The topological polar surface area (TPSA) is 24.9 Å². The van der Waals surface area contributed by atoms with E-state index in [1.165, 1.54) is 11.1 Å². The molecular weight excluding hydrogens is 208 g/mol. The second-order valence-electron chi connectivity index (χ2n) is 4.14. The minimum Gasteiger partial charge on any atom is -0.366 e. The van der Waals surface area contributed by atoms with Crippen LogP contribution in [0.4, 0.5) is 5.82 Å². The number of nitrogens with one attached hydrogen (secondary N) is 1. The minimum atomic E-state index is 0.834. The fourth-order valence-electron chi connectivity index (χ4n) is 1.90. The van der Waals surface area contributed by atoms with Crippen LogP contribution in [-0.4, -0.2) is 4.98 Å². The normalized spacial score (nSPS) is 10.2. The summed E-state index contributed by atoms with van der Waals surface area (Å²) in [4.78, 5) is 4.43. The van der Waals surface area contributed by atoms with Gasteiger partial charge in [0.15, 0.2) is 0 Å². The SMILES string of the molecule is CCc1ccccc1CNc1cccc(C)n1. The first kappa shape index (κ1) is 11.6. The summed E-state index contributed by atoms with van der Waals surface area (Å²) in [7, 11) is 0. The molecular formula is C15H18N2. The Hall–Kier alpha value is -1.83. The highest BCUT2D eigenvalue weighted by Gasteiger charge is 2.00. The van der Waals surface area contributed by atoms with Gasteiger partial charge in [-0.25, -0.2) is 4.98 Å². The van der Waals surface area contributed by atoms with Gasteiger partial charge in [-0.15, -0.1) is 0 Å². The van der Waals surface area contributed by atoms with Crippen LogP contribution < -0.4 is 5.32 Å². The van der Waals surface area contributed by atoms with Crippen LogP contribution in [0.1, 0.15) is 23.7 Å². The fraction of sp³-hybridized carbons (Fsp3) is 0.267. The van der Waals surface area contributed by atoms with Crippen LogP contribution in [0.25, 0.3) is 0 Å². The highest BCUT2D eigenvalue weighted by molar-refractivity contribution is 5.38. The molecule has 88 valence electrons. The maximum absolute atomic E-state index is 4.43. The predicted octanol–water partition coefficient (Wildman–Crippen LogP) is 3.56. The lowest BCUT2D eigenvalue weighted by Gasteiger charge is -2.09. The Morgan fingerprint density at radius 2 is 1.76 bits per heavy atom. The van der Waals surface area contributed by atoms with Gasteiger partial charge in [-0.1, -0.05) is 37.3 Å². The van der Waals surface area contributed by atoms with Gasteiger partial charge in [0, 0.05) is 12.2 Å². The number of hydrogen-bond acceptors (Lipinski definition) is 2. The number of hydrogen-bond donors (Lipinski definition) is 1. The van der Waals surface area contributed by atoms with Crippen molar-refractivity contribution in [3.05, 3.63) is 59.3 Å². The standard InChI is InChI=1S/C15H18N2/c1-3-13-8-4-5-9-14(13)11-16-15-10-6-7-12(2)17-15/h4-10H,3,11H2,1-2H3,(H,16,17). The van der Waals surface area contributed by atoms with Crippen molar-refractivity contribution < 1.29 is 0 Å². The Morgan fingerprint density at radius 1 is 1.00 bits per heavy atom. The average molecular weight is 226 g/mol. The van der Waals surface area contributed by atoms with Crippen LogP contribution in [0.3, 0.4) is 0 Å². The van der Waals surface area contributed by atoms with Crippen molar-refractivity contribution in [3.63, 3.8) is 0 Å². The van der Waals surface area contributed by atoms with E-state index < -0.39 is 0 Å². The van der Waals surface area contributed by atoms with Gasteiger partial charge in [0.1, 0.15) is 5.82 Å². The lowest BCUT2D eigenvalue weighted by Crippen LogP contribution is -2.04. The third kappa shape index (κ3) is 3.06. The summed E-state index contributed by atoms with van der Waals surface area (Å²) < 4.78 is 0. The van der Waals surface area contributed by atoms with Crippen molar-refractivity contribution in [3.8, 4) is 0 Å². The Labute approximate surface area is 103 Å². The second-order valence-corrected chi connectivity index (χ2v) is 4.14. The Balaban J connectivity index is 2.07. The van der Waals surface area contributed by atoms with Crippen LogP contribution in [0, 0.1) is 6.92 Å². The first-order valence-corrected chi connectivity index (χ1v) is 6.04. The zero-order chi connectivity index (χ0) is 12.1. The van der Waals surface area contributed by atoms with E-state index in [0.717, 1.165) is 24.5 Å². The summed E-state index contributed by atoms with van der Waals surface area (Å²) in [6.45, 7) is 5.02. The molecule has 0 unspecified atom stereocenters. The highest BCUT2D eigenvalue weighted by atomic mass is 15.0. The summed E-state index contributed by atoms with van der Waals surface area (Å²) in [5, 5.41) is 3.37. The molecule has 0 atom stereocenters. The largest absolute Gasteiger partial charge is 0.366 e. The molecule has 0 aliphatic carbocycles. The van der Waals surface area contributed by atoms with Gasteiger partial charge in [-0.2, -0.15) is 0 Å². The van der Waals surface area contributed by atoms with Gasteiger partial charge >= 0.3 is 0 Å². The molecule has 2 heteroatoms. The van der Waals surface area contributed by atoms with Crippen LogP contribution in [0.5, 0.6) is 0 Å². The molecule has 0 radical (unpaired) electrons. The lowest BCUT2D eigenvalue weighted by atomic mass is 10.1. The molecule has 1 aromatic carbocycles. The molecule has 0 aliphatic rings. The van der Waals surface area contributed by atoms with Gasteiger partial charge < -0.3 is 5.32 Å². The molecule has 2 nitrogen and oxygen atoms in total. The van der Waals surface area contributed by atoms with Gasteiger partial charge in [-0.05, 0) is 36.6 Å². The molecule has 0 fully saturated rings. The lowest BCUT2D eigenvalue weighted by molar-refractivity contribution is 1.03. The Bertz CT molecular complexity index is 492. The molecule has 1 aromatic heterocycles. The van der Waals surface area contributed by atoms with Crippen LogP contribution in [0.2, 0.25) is 0 Å². The van der Waals surface area contributed by atoms with E-state index in [1.54, 1.807) is 0 Å². The van der Waals surface area contributed by atoms with E-state index in [1.807, 2.05) is 25.1 Å². The number of pyridine rings is 1. The Kier molecular flexibility index (Phi) is 3.76. The summed E-state index contributed by atoms with van der Waals surface area (Å²) in [6.07, 6.45) is 1.07.